The topological polar surface area (TPSA) is 61.8 Å². The number of rotatable bonds is 7. The van der Waals surface area contributed by atoms with Crippen LogP contribution in [0.25, 0.3) is 0 Å². The van der Waals surface area contributed by atoms with E-state index >= 15 is 0 Å². The Morgan fingerprint density at radius 3 is 3.10 bits per heavy atom. The quantitative estimate of drug-likeness (QED) is 0.739. The van der Waals surface area contributed by atoms with E-state index in [0.717, 1.165) is 13.1 Å². The molecule has 2 N–H and O–H groups in total. The number of likely N-dealkylation sites (N-methyl/N-ethyl adjacent to an activating group) is 1. The molecular formula is C15H22N2O3. The Kier molecular flexibility index (Phi) is 5.38. The van der Waals surface area contributed by atoms with Gasteiger partial charge in [0, 0.05) is 19.1 Å². The first kappa shape index (κ1) is 14.8. The third-order valence-electron chi connectivity index (χ3n) is 3.68. The van der Waals surface area contributed by atoms with Crippen LogP contribution >= 0.6 is 0 Å². The molecule has 0 aliphatic carbocycles. The lowest BCUT2D eigenvalue weighted by Gasteiger charge is -2.19. The predicted octanol–water partition coefficient (Wildman–Crippen LogP) is 1.45. The summed E-state index contributed by atoms with van der Waals surface area (Å²) in [6, 6.07) is 7.21. The molecule has 0 amide bonds. The zero-order chi connectivity index (χ0) is 14.4. The van der Waals surface area contributed by atoms with Crippen LogP contribution in [0.1, 0.15) is 23.2 Å². The SMILES string of the molecule is CN1CCCC1CNCCOc1cccc(C(=O)O)c1. The van der Waals surface area contributed by atoms with Crippen LogP contribution in [0.3, 0.4) is 0 Å². The normalized spacial score (nSPS) is 19.1. The van der Waals surface area contributed by atoms with Crippen molar-refractivity contribution in [3.05, 3.63) is 29.8 Å². The van der Waals surface area contributed by atoms with Gasteiger partial charge in [0.05, 0.1) is 5.56 Å². The monoisotopic (exact) mass is 278 g/mol. The van der Waals surface area contributed by atoms with Crippen molar-refractivity contribution in [1.82, 2.24) is 10.2 Å². The second-order valence-electron chi connectivity index (χ2n) is 5.16. The van der Waals surface area contributed by atoms with Crippen LogP contribution < -0.4 is 10.1 Å². The van der Waals surface area contributed by atoms with Crippen molar-refractivity contribution < 1.29 is 14.6 Å². The predicted molar refractivity (Wildman–Crippen MR) is 77.4 cm³/mol. The zero-order valence-electron chi connectivity index (χ0n) is 11.8. The van der Waals surface area contributed by atoms with E-state index in [0.29, 0.717) is 18.4 Å². The average molecular weight is 278 g/mol. The minimum Gasteiger partial charge on any atom is -0.492 e. The largest absolute Gasteiger partial charge is 0.492 e. The second kappa shape index (κ2) is 7.26. The first-order valence-electron chi connectivity index (χ1n) is 7.04. The number of ether oxygens (including phenoxy) is 1. The number of carboxylic acid groups (broad SMARTS) is 1. The van der Waals surface area contributed by atoms with Gasteiger partial charge >= 0.3 is 5.97 Å². The molecule has 0 bridgehead atoms. The molecular weight excluding hydrogens is 256 g/mol. The van der Waals surface area contributed by atoms with Crippen molar-refractivity contribution in [1.29, 1.82) is 0 Å². The standard InChI is InChI=1S/C15H22N2O3/c1-17-8-3-5-13(17)11-16-7-9-20-14-6-2-4-12(10-14)15(18)19/h2,4,6,10,13,16H,3,5,7-9,11H2,1H3,(H,18,19). The fourth-order valence-electron chi connectivity index (χ4n) is 2.47. The number of nitrogens with one attached hydrogen (secondary N) is 1. The minimum absolute atomic E-state index is 0.253. The van der Waals surface area contributed by atoms with Gasteiger partial charge in [-0.1, -0.05) is 6.07 Å². The second-order valence-corrected chi connectivity index (χ2v) is 5.16. The highest BCUT2D eigenvalue weighted by atomic mass is 16.5. The highest BCUT2D eigenvalue weighted by molar-refractivity contribution is 5.87. The lowest BCUT2D eigenvalue weighted by molar-refractivity contribution is 0.0696. The van der Waals surface area contributed by atoms with Crippen molar-refractivity contribution in [2.45, 2.75) is 18.9 Å². The summed E-state index contributed by atoms with van der Waals surface area (Å²) in [5.41, 5.74) is 0.253. The molecule has 20 heavy (non-hydrogen) atoms. The van der Waals surface area contributed by atoms with Gasteiger partial charge in [-0.3, -0.25) is 0 Å². The number of aromatic carboxylic acids is 1. The summed E-state index contributed by atoms with van der Waals surface area (Å²) in [6.45, 7) is 3.47. The van der Waals surface area contributed by atoms with Crippen molar-refractivity contribution in [2.24, 2.45) is 0 Å². The fourth-order valence-corrected chi connectivity index (χ4v) is 2.47. The molecule has 110 valence electrons. The molecule has 1 aliphatic rings. The Bertz CT molecular complexity index is 450. The Morgan fingerprint density at radius 2 is 2.40 bits per heavy atom. The van der Waals surface area contributed by atoms with E-state index in [1.54, 1.807) is 24.3 Å². The summed E-state index contributed by atoms with van der Waals surface area (Å²) in [5, 5.41) is 12.3. The molecule has 1 heterocycles. The number of hydrogen-bond acceptors (Lipinski definition) is 4. The highest BCUT2D eigenvalue weighted by Gasteiger charge is 2.19. The number of carboxylic acids is 1. The molecule has 5 nitrogen and oxygen atoms in total. The van der Waals surface area contributed by atoms with Gasteiger partial charge in [0.25, 0.3) is 0 Å². The third kappa shape index (κ3) is 4.21. The summed E-state index contributed by atoms with van der Waals surface area (Å²) in [7, 11) is 2.16. The van der Waals surface area contributed by atoms with E-state index in [2.05, 4.69) is 17.3 Å². The van der Waals surface area contributed by atoms with Gasteiger partial charge in [0.2, 0.25) is 0 Å². The molecule has 1 saturated heterocycles. The maximum absolute atomic E-state index is 10.8. The van der Waals surface area contributed by atoms with Crippen LogP contribution in [-0.2, 0) is 0 Å². The van der Waals surface area contributed by atoms with Crippen LogP contribution in [0, 0.1) is 0 Å². The van der Waals surface area contributed by atoms with E-state index in [1.165, 1.54) is 19.4 Å². The lowest BCUT2D eigenvalue weighted by Crippen LogP contribution is -2.36. The maximum atomic E-state index is 10.8. The van der Waals surface area contributed by atoms with Gasteiger partial charge in [-0.15, -0.1) is 0 Å². The smallest absolute Gasteiger partial charge is 0.335 e. The zero-order valence-corrected chi connectivity index (χ0v) is 11.8. The van der Waals surface area contributed by atoms with Crippen molar-refractivity contribution in [3.8, 4) is 5.75 Å². The minimum atomic E-state index is -0.933. The van der Waals surface area contributed by atoms with Gasteiger partial charge in [-0.25, -0.2) is 4.79 Å². The fraction of sp³-hybridized carbons (Fsp3) is 0.533. The van der Waals surface area contributed by atoms with Crippen LogP contribution in [0.5, 0.6) is 5.75 Å². The Hall–Kier alpha value is -1.59. The van der Waals surface area contributed by atoms with Crippen LogP contribution in [0.4, 0.5) is 0 Å². The molecule has 1 aromatic carbocycles. The number of carbonyl (C=O) groups is 1. The molecule has 0 radical (unpaired) electrons. The number of nitrogens with zero attached hydrogens (tertiary/aromatic N) is 1. The van der Waals surface area contributed by atoms with Gasteiger partial charge in [0.1, 0.15) is 12.4 Å². The molecule has 1 fully saturated rings. The van der Waals surface area contributed by atoms with E-state index in [9.17, 15) is 4.79 Å². The molecule has 1 unspecified atom stereocenters. The summed E-state index contributed by atoms with van der Waals surface area (Å²) >= 11 is 0. The van der Waals surface area contributed by atoms with Crippen molar-refractivity contribution >= 4 is 5.97 Å². The van der Waals surface area contributed by atoms with Crippen molar-refractivity contribution in [3.63, 3.8) is 0 Å². The molecule has 0 aromatic heterocycles. The first-order chi connectivity index (χ1) is 9.66. The maximum Gasteiger partial charge on any atom is 0.335 e. The lowest BCUT2D eigenvalue weighted by atomic mass is 10.2. The molecule has 0 spiro atoms. The number of hydrogen-bond donors (Lipinski definition) is 2. The number of benzene rings is 1. The summed E-state index contributed by atoms with van der Waals surface area (Å²) in [4.78, 5) is 13.2. The molecule has 1 aliphatic heterocycles. The van der Waals surface area contributed by atoms with Gasteiger partial charge < -0.3 is 20.1 Å². The van der Waals surface area contributed by atoms with Gasteiger partial charge in [-0.2, -0.15) is 0 Å². The van der Waals surface area contributed by atoms with Gasteiger partial charge in [-0.05, 0) is 44.6 Å². The molecule has 2 rings (SSSR count). The van der Waals surface area contributed by atoms with E-state index in [1.807, 2.05) is 0 Å². The summed E-state index contributed by atoms with van der Waals surface area (Å²) in [6.07, 6.45) is 2.53. The Morgan fingerprint density at radius 1 is 1.55 bits per heavy atom. The summed E-state index contributed by atoms with van der Waals surface area (Å²) in [5.74, 6) is -0.331. The Balaban J connectivity index is 1.65. The number of likely N-dealkylation sites (tertiary alicyclic amines) is 1. The van der Waals surface area contributed by atoms with Crippen LogP contribution in [0.2, 0.25) is 0 Å². The molecule has 5 heteroatoms. The molecule has 1 aromatic rings. The van der Waals surface area contributed by atoms with E-state index in [4.69, 9.17) is 9.84 Å². The van der Waals surface area contributed by atoms with E-state index in [-0.39, 0.29) is 5.56 Å². The van der Waals surface area contributed by atoms with E-state index < -0.39 is 5.97 Å². The highest BCUT2D eigenvalue weighted by Crippen LogP contribution is 2.14. The van der Waals surface area contributed by atoms with Crippen LogP contribution in [0.15, 0.2) is 24.3 Å². The first-order valence-corrected chi connectivity index (χ1v) is 7.04. The molecule has 1 atom stereocenters. The van der Waals surface area contributed by atoms with Crippen molar-refractivity contribution in [2.75, 3.05) is 33.3 Å². The summed E-state index contributed by atoms with van der Waals surface area (Å²) < 4.78 is 5.55. The van der Waals surface area contributed by atoms with Gasteiger partial charge in [0.15, 0.2) is 0 Å². The van der Waals surface area contributed by atoms with Crippen LogP contribution in [-0.4, -0.2) is 55.3 Å². The average Bonchev–Trinajstić information content (AvgIpc) is 2.84. The Labute approximate surface area is 119 Å². The molecule has 0 saturated carbocycles. The third-order valence-corrected chi connectivity index (χ3v) is 3.68.